The molecule has 0 aliphatic heterocycles. The quantitative estimate of drug-likeness (QED) is 0.739. The summed E-state index contributed by atoms with van der Waals surface area (Å²) in [5.41, 5.74) is 1.01. The zero-order chi connectivity index (χ0) is 15.6. The molecule has 0 bridgehead atoms. The Hall–Kier alpha value is -1.62. The Balaban J connectivity index is 2.47. The summed E-state index contributed by atoms with van der Waals surface area (Å²) in [5.74, 6) is 0.597. The molecular formula is C15H14ClF3N2. The fraction of sp³-hybridized carbons (Fsp3) is 0.333. The molecule has 1 aromatic heterocycles. The standard InChI is InChI=1S/C15H14ClF3N2/c1-3-4-14-20-12(8-13(16)21-14)11-6-5-10(7-9(11)2)15(17,18)19/h5-8H,3-4H2,1-2H3. The van der Waals surface area contributed by atoms with E-state index in [-0.39, 0.29) is 0 Å². The maximum Gasteiger partial charge on any atom is 0.416 e. The number of aromatic nitrogens is 2. The third kappa shape index (κ3) is 3.73. The summed E-state index contributed by atoms with van der Waals surface area (Å²) in [5, 5.41) is 0.294. The van der Waals surface area contributed by atoms with Crippen molar-refractivity contribution in [1.29, 1.82) is 0 Å². The van der Waals surface area contributed by atoms with Gasteiger partial charge in [0.1, 0.15) is 11.0 Å². The monoisotopic (exact) mass is 314 g/mol. The number of nitrogens with zero attached hydrogens (tertiary/aromatic N) is 2. The second-order valence-corrected chi connectivity index (χ2v) is 5.16. The van der Waals surface area contributed by atoms with Crippen LogP contribution in [0.3, 0.4) is 0 Å². The molecule has 1 heterocycles. The first-order chi connectivity index (χ1) is 9.81. The van der Waals surface area contributed by atoms with Gasteiger partial charge >= 0.3 is 6.18 Å². The molecule has 112 valence electrons. The predicted molar refractivity (Wildman–Crippen MR) is 76.2 cm³/mol. The molecule has 0 radical (unpaired) electrons. The number of hydrogen-bond acceptors (Lipinski definition) is 2. The number of alkyl halides is 3. The predicted octanol–water partition coefficient (Wildman–Crippen LogP) is 5.08. The molecule has 2 rings (SSSR count). The van der Waals surface area contributed by atoms with Crippen molar-refractivity contribution >= 4 is 11.6 Å². The van der Waals surface area contributed by atoms with Crippen LogP contribution in [-0.2, 0) is 12.6 Å². The minimum Gasteiger partial charge on any atom is -0.233 e. The minimum absolute atomic E-state index is 0.294. The highest BCUT2D eigenvalue weighted by Crippen LogP contribution is 2.33. The molecule has 0 N–H and O–H groups in total. The third-order valence-corrected chi connectivity index (χ3v) is 3.24. The molecule has 6 heteroatoms. The van der Waals surface area contributed by atoms with Gasteiger partial charge < -0.3 is 0 Å². The van der Waals surface area contributed by atoms with E-state index in [1.807, 2.05) is 6.92 Å². The second kappa shape index (κ2) is 6.02. The fourth-order valence-electron chi connectivity index (χ4n) is 2.07. The van der Waals surface area contributed by atoms with Crippen LogP contribution in [0.2, 0.25) is 5.15 Å². The van der Waals surface area contributed by atoms with Crippen molar-refractivity contribution in [1.82, 2.24) is 9.97 Å². The molecule has 1 aromatic carbocycles. The van der Waals surface area contributed by atoms with Crippen molar-refractivity contribution in [3.05, 3.63) is 46.4 Å². The fourth-order valence-corrected chi connectivity index (χ4v) is 2.27. The highest BCUT2D eigenvalue weighted by molar-refractivity contribution is 6.29. The Bertz CT molecular complexity index is 654. The molecule has 0 unspecified atom stereocenters. The van der Waals surface area contributed by atoms with Crippen molar-refractivity contribution < 1.29 is 13.2 Å². The lowest BCUT2D eigenvalue weighted by atomic mass is 10.0. The van der Waals surface area contributed by atoms with Crippen molar-refractivity contribution in [3.63, 3.8) is 0 Å². The van der Waals surface area contributed by atoms with E-state index in [1.165, 1.54) is 6.07 Å². The van der Waals surface area contributed by atoms with Crippen LogP contribution in [0.5, 0.6) is 0 Å². The van der Waals surface area contributed by atoms with Gasteiger partial charge in [0, 0.05) is 18.1 Å². The van der Waals surface area contributed by atoms with Crippen molar-refractivity contribution in [2.24, 2.45) is 0 Å². The molecule has 2 nitrogen and oxygen atoms in total. The van der Waals surface area contributed by atoms with Gasteiger partial charge in [-0.2, -0.15) is 13.2 Å². The Kier molecular flexibility index (Phi) is 4.52. The summed E-state index contributed by atoms with van der Waals surface area (Å²) in [6.07, 6.45) is -2.81. The van der Waals surface area contributed by atoms with E-state index in [1.54, 1.807) is 13.0 Å². The van der Waals surface area contributed by atoms with Gasteiger partial charge in [-0.25, -0.2) is 9.97 Å². The van der Waals surface area contributed by atoms with E-state index in [4.69, 9.17) is 11.6 Å². The number of rotatable bonds is 3. The normalized spacial score (nSPS) is 11.7. The number of hydrogen-bond donors (Lipinski definition) is 0. The molecule has 0 fully saturated rings. The van der Waals surface area contributed by atoms with Crippen molar-refractivity contribution in [2.45, 2.75) is 32.9 Å². The van der Waals surface area contributed by atoms with Crippen molar-refractivity contribution in [2.75, 3.05) is 0 Å². The molecule has 0 atom stereocenters. The second-order valence-electron chi connectivity index (χ2n) is 4.77. The van der Waals surface area contributed by atoms with E-state index in [2.05, 4.69) is 9.97 Å². The highest BCUT2D eigenvalue weighted by Gasteiger charge is 2.30. The van der Waals surface area contributed by atoms with E-state index >= 15 is 0 Å². The van der Waals surface area contributed by atoms with Crippen LogP contribution in [0.4, 0.5) is 13.2 Å². The zero-order valence-corrected chi connectivity index (χ0v) is 12.4. The van der Waals surface area contributed by atoms with Crippen LogP contribution in [0.1, 0.15) is 30.3 Å². The van der Waals surface area contributed by atoms with Gasteiger partial charge in [0.15, 0.2) is 0 Å². The Morgan fingerprint density at radius 1 is 1.14 bits per heavy atom. The topological polar surface area (TPSA) is 25.8 Å². The van der Waals surface area contributed by atoms with E-state index in [0.29, 0.717) is 34.2 Å². The Labute approximate surface area is 126 Å². The van der Waals surface area contributed by atoms with E-state index < -0.39 is 11.7 Å². The summed E-state index contributed by atoms with van der Waals surface area (Å²) >= 11 is 5.96. The third-order valence-electron chi connectivity index (χ3n) is 3.04. The maximum absolute atomic E-state index is 12.7. The summed E-state index contributed by atoms with van der Waals surface area (Å²) in [6, 6.07) is 5.16. The summed E-state index contributed by atoms with van der Waals surface area (Å²) in [7, 11) is 0. The van der Waals surface area contributed by atoms with Crippen LogP contribution in [-0.4, -0.2) is 9.97 Å². The number of aryl methyl sites for hydroxylation is 2. The van der Waals surface area contributed by atoms with Crippen LogP contribution < -0.4 is 0 Å². The van der Waals surface area contributed by atoms with Gasteiger partial charge in [-0.05, 0) is 31.0 Å². The van der Waals surface area contributed by atoms with Gasteiger partial charge in [-0.3, -0.25) is 0 Å². The molecular weight excluding hydrogens is 301 g/mol. The SMILES string of the molecule is CCCc1nc(Cl)cc(-c2ccc(C(F)(F)F)cc2C)n1. The van der Waals surface area contributed by atoms with E-state index in [9.17, 15) is 13.2 Å². The molecule has 0 aliphatic carbocycles. The van der Waals surface area contributed by atoms with Crippen molar-refractivity contribution in [3.8, 4) is 11.3 Å². The molecule has 0 amide bonds. The smallest absolute Gasteiger partial charge is 0.233 e. The Morgan fingerprint density at radius 2 is 1.86 bits per heavy atom. The molecule has 0 aliphatic rings. The van der Waals surface area contributed by atoms with Gasteiger partial charge in [-0.15, -0.1) is 0 Å². The minimum atomic E-state index is -4.35. The van der Waals surface area contributed by atoms with Crippen LogP contribution >= 0.6 is 11.6 Å². The van der Waals surface area contributed by atoms with Gasteiger partial charge in [0.05, 0.1) is 11.3 Å². The highest BCUT2D eigenvalue weighted by atomic mass is 35.5. The molecule has 0 saturated heterocycles. The van der Waals surface area contributed by atoms with Gasteiger partial charge in [0.25, 0.3) is 0 Å². The number of benzene rings is 1. The lowest BCUT2D eigenvalue weighted by Gasteiger charge is -2.11. The molecule has 21 heavy (non-hydrogen) atoms. The molecule has 0 saturated carbocycles. The first-order valence-corrected chi connectivity index (χ1v) is 6.90. The van der Waals surface area contributed by atoms with Crippen LogP contribution in [0.25, 0.3) is 11.3 Å². The van der Waals surface area contributed by atoms with Gasteiger partial charge in [0.2, 0.25) is 0 Å². The number of halogens is 4. The average Bonchev–Trinajstić information content (AvgIpc) is 2.37. The summed E-state index contributed by atoms with van der Waals surface area (Å²) in [6.45, 7) is 3.62. The lowest BCUT2D eigenvalue weighted by molar-refractivity contribution is -0.137. The Morgan fingerprint density at radius 3 is 2.43 bits per heavy atom. The van der Waals surface area contributed by atoms with E-state index in [0.717, 1.165) is 18.6 Å². The summed E-state index contributed by atoms with van der Waals surface area (Å²) < 4.78 is 38.1. The van der Waals surface area contributed by atoms with Crippen LogP contribution in [0, 0.1) is 6.92 Å². The summed E-state index contributed by atoms with van der Waals surface area (Å²) in [4.78, 5) is 8.48. The average molecular weight is 315 g/mol. The van der Waals surface area contributed by atoms with Gasteiger partial charge in [-0.1, -0.05) is 24.6 Å². The van der Waals surface area contributed by atoms with Crippen LogP contribution in [0.15, 0.2) is 24.3 Å². The largest absolute Gasteiger partial charge is 0.416 e. The zero-order valence-electron chi connectivity index (χ0n) is 11.6. The first kappa shape index (κ1) is 15.8. The molecule has 0 spiro atoms. The maximum atomic E-state index is 12.7. The molecule has 2 aromatic rings. The lowest BCUT2D eigenvalue weighted by Crippen LogP contribution is -2.05. The first-order valence-electron chi connectivity index (χ1n) is 6.53.